The molecule has 0 aliphatic carbocycles. The first kappa shape index (κ1) is 15.4. The van der Waals surface area contributed by atoms with E-state index in [0.29, 0.717) is 0 Å². The largest absolute Gasteiger partial charge is 0.464 e. The number of aromatic amines is 1. The molecule has 10 heteroatoms. The van der Waals surface area contributed by atoms with Crippen molar-refractivity contribution in [2.45, 2.75) is 30.8 Å². The minimum atomic E-state index is -1.77. The fourth-order valence-electron chi connectivity index (χ4n) is 2.32. The summed E-state index contributed by atoms with van der Waals surface area (Å²) in [6.07, 6.45) is -5.11. The molecule has 0 unspecified atom stereocenters. The summed E-state index contributed by atoms with van der Waals surface area (Å²) in [6.45, 7) is 0.641. The van der Waals surface area contributed by atoms with Gasteiger partial charge in [-0.3, -0.25) is 9.78 Å². The Morgan fingerprint density at radius 1 is 1.48 bits per heavy atom. The zero-order chi connectivity index (χ0) is 15.9. The van der Waals surface area contributed by atoms with Gasteiger partial charge in [0.1, 0.15) is 23.9 Å². The second-order valence-electron chi connectivity index (χ2n) is 4.84. The molecule has 1 fully saturated rings. The van der Waals surface area contributed by atoms with Crippen LogP contribution < -0.4 is 11.2 Å². The number of ether oxygens (including phenoxy) is 1. The summed E-state index contributed by atoms with van der Waals surface area (Å²) in [5, 5.41) is 37.7. The lowest BCUT2D eigenvalue weighted by atomic mass is 9.90. The molecule has 10 nitrogen and oxygen atoms in total. The topological polar surface area (TPSA) is 162 Å². The van der Waals surface area contributed by atoms with E-state index in [2.05, 4.69) is 0 Å². The molecule has 0 saturated carbocycles. The first-order chi connectivity index (χ1) is 9.72. The van der Waals surface area contributed by atoms with E-state index >= 15 is 0 Å². The molecule has 1 aromatic rings. The highest BCUT2D eigenvalue weighted by molar-refractivity contribution is 5.67. The van der Waals surface area contributed by atoms with E-state index in [1.54, 1.807) is 4.98 Å². The number of nitrogens with zero attached hydrogens (tertiary/aromatic N) is 1. The van der Waals surface area contributed by atoms with Crippen LogP contribution in [0, 0.1) is 0 Å². The Balaban J connectivity index is 2.61. The average Bonchev–Trinajstić information content (AvgIpc) is 2.63. The van der Waals surface area contributed by atoms with Crippen LogP contribution in [0.5, 0.6) is 0 Å². The molecule has 0 radical (unpaired) electrons. The van der Waals surface area contributed by atoms with Gasteiger partial charge in [0, 0.05) is 6.20 Å². The lowest BCUT2D eigenvalue weighted by Gasteiger charge is -2.27. The summed E-state index contributed by atoms with van der Waals surface area (Å²) < 4.78 is 5.50. The van der Waals surface area contributed by atoms with E-state index in [4.69, 9.17) is 14.9 Å². The molecule has 2 rings (SSSR count). The van der Waals surface area contributed by atoms with Gasteiger partial charge >= 0.3 is 11.8 Å². The standard InChI is InChI=1S/C11H14N2O8/c1-11(7(16)6(15)5(3-14)21-11)4-2-13(10(19)20)9(18)12-8(4)17/h2,5-7,14-16H,3H2,1H3,(H,19,20)(H,12,17,18)/t5-,6-,7-,11+/m1/s1. The Bertz CT molecular complexity index is 680. The van der Waals surface area contributed by atoms with E-state index in [-0.39, 0.29) is 10.1 Å². The summed E-state index contributed by atoms with van der Waals surface area (Å²) in [4.78, 5) is 35.9. The van der Waals surface area contributed by atoms with Crippen molar-refractivity contribution < 1.29 is 30.0 Å². The van der Waals surface area contributed by atoms with Crippen LogP contribution >= 0.6 is 0 Å². The smallest absolute Gasteiger partial charge is 0.419 e. The van der Waals surface area contributed by atoms with Gasteiger partial charge in [0.05, 0.1) is 12.2 Å². The maximum absolute atomic E-state index is 11.9. The second-order valence-corrected chi connectivity index (χ2v) is 4.84. The highest BCUT2D eigenvalue weighted by Crippen LogP contribution is 2.37. The predicted octanol–water partition coefficient (Wildman–Crippen LogP) is -2.61. The van der Waals surface area contributed by atoms with Gasteiger partial charge in [-0.05, 0) is 6.92 Å². The van der Waals surface area contributed by atoms with E-state index in [1.165, 1.54) is 6.92 Å². The molecule has 1 aliphatic rings. The molecule has 1 saturated heterocycles. The minimum Gasteiger partial charge on any atom is -0.464 e. The fourth-order valence-corrected chi connectivity index (χ4v) is 2.32. The number of carbonyl (C=O) groups is 1. The predicted molar refractivity (Wildman–Crippen MR) is 66.1 cm³/mol. The van der Waals surface area contributed by atoms with Crippen LogP contribution in [0.25, 0.3) is 0 Å². The number of hydrogen-bond acceptors (Lipinski definition) is 7. The maximum atomic E-state index is 11.9. The Kier molecular flexibility index (Phi) is 3.72. The third kappa shape index (κ3) is 2.27. The fraction of sp³-hybridized carbons (Fsp3) is 0.545. The SMILES string of the molecule is C[C@@]1(c2cn(C(=O)O)c(=O)[nH]c2=O)O[C@H](CO)[C@@H](O)[C@H]1O. The normalized spacial score (nSPS) is 32.3. The summed E-state index contributed by atoms with van der Waals surface area (Å²) in [5.41, 5.74) is -4.24. The van der Waals surface area contributed by atoms with Gasteiger partial charge in [0.25, 0.3) is 5.56 Å². The monoisotopic (exact) mass is 302 g/mol. The summed E-state index contributed by atoms with van der Waals surface area (Å²) >= 11 is 0. The van der Waals surface area contributed by atoms with E-state index < -0.39 is 47.9 Å². The van der Waals surface area contributed by atoms with Crippen molar-refractivity contribution in [3.63, 3.8) is 0 Å². The van der Waals surface area contributed by atoms with Gasteiger partial charge in [-0.1, -0.05) is 0 Å². The Hall–Kier alpha value is -2.01. The number of hydrogen-bond donors (Lipinski definition) is 5. The van der Waals surface area contributed by atoms with Crippen molar-refractivity contribution in [2.75, 3.05) is 6.61 Å². The molecule has 5 N–H and O–H groups in total. The summed E-state index contributed by atoms with van der Waals surface area (Å²) in [7, 11) is 0. The zero-order valence-electron chi connectivity index (χ0n) is 10.9. The number of rotatable bonds is 2. The van der Waals surface area contributed by atoms with Gasteiger partial charge in [-0.15, -0.1) is 0 Å². The molecule has 21 heavy (non-hydrogen) atoms. The third-order valence-corrected chi connectivity index (χ3v) is 3.53. The number of aromatic nitrogens is 2. The molecule has 0 aromatic carbocycles. The molecule has 0 spiro atoms. The van der Waals surface area contributed by atoms with E-state index in [0.717, 1.165) is 6.20 Å². The van der Waals surface area contributed by atoms with Crippen LogP contribution in [0.4, 0.5) is 4.79 Å². The van der Waals surface area contributed by atoms with Crippen molar-refractivity contribution >= 4 is 6.09 Å². The summed E-state index contributed by atoms with van der Waals surface area (Å²) in [5.74, 6) is 0. The number of aliphatic hydroxyl groups is 3. The van der Waals surface area contributed by atoms with Crippen LogP contribution in [-0.2, 0) is 10.3 Å². The first-order valence-electron chi connectivity index (χ1n) is 5.97. The minimum absolute atomic E-state index is 0.219. The van der Waals surface area contributed by atoms with Gasteiger partial charge in [0.15, 0.2) is 0 Å². The van der Waals surface area contributed by atoms with Crippen LogP contribution in [-0.4, -0.2) is 61.0 Å². The number of aliphatic hydroxyl groups excluding tert-OH is 3. The maximum Gasteiger partial charge on any atom is 0.419 e. The second kappa shape index (κ2) is 5.07. The number of carboxylic acid groups (broad SMARTS) is 1. The van der Waals surface area contributed by atoms with Crippen molar-refractivity contribution in [3.8, 4) is 0 Å². The number of nitrogens with one attached hydrogen (secondary N) is 1. The van der Waals surface area contributed by atoms with Gasteiger partial charge in [-0.2, -0.15) is 0 Å². The molecule has 0 bridgehead atoms. The van der Waals surface area contributed by atoms with E-state index in [9.17, 15) is 24.6 Å². The lowest BCUT2D eigenvalue weighted by molar-refractivity contribution is -0.0868. The Morgan fingerprint density at radius 3 is 2.57 bits per heavy atom. The first-order valence-corrected chi connectivity index (χ1v) is 5.97. The Labute approximate surface area is 116 Å². The molecule has 116 valence electrons. The zero-order valence-corrected chi connectivity index (χ0v) is 10.9. The lowest BCUT2D eigenvalue weighted by Crippen LogP contribution is -2.45. The molecule has 2 heterocycles. The highest BCUT2D eigenvalue weighted by atomic mass is 16.6. The number of H-pyrrole nitrogens is 1. The van der Waals surface area contributed by atoms with Gasteiger partial charge < -0.3 is 25.2 Å². The molecule has 0 amide bonds. The van der Waals surface area contributed by atoms with Crippen molar-refractivity contribution in [1.29, 1.82) is 0 Å². The van der Waals surface area contributed by atoms with Crippen LogP contribution in [0.2, 0.25) is 0 Å². The molecule has 1 aromatic heterocycles. The Morgan fingerprint density at radius 2 is 2.10 bits per heavy atom. The quantitative estimate of drug-likeness (QED) is 0.397. The molecular formula is C11H14N2O8. The third-order valence-electron chi connectivity index (χ3n) is 3.53. The molecular weight excluding hydrogens is 288 g/mol. The van der Waals surface area contributed by atoms with Gasteiger partial charge in [0.2, 0.25) is 0 Å². The van der Waals surface area contributed by atoms with Crippen LogP contribution in [0.3, 0.4) is 0 Å². The van der Waals surface area contributed by atoms with Gasteiger partial charge in [-0.25, -0.2) is 14.2 Å². The average molecular weight is 302 g/mol. The van der Waals surface area contributed by atoms with Crippen molar-refractivity contribution in [1.82, 2.24) is 9.55 Å². The van der Waals surface area contributed by atoms with Crippen LogP contribution in [0.15, 0.2) is 15.8 Å². The van der Waals surface area contributed by atoms with Crippen LogP contribution in [0.1, 0.15) is 12.5 Å². The molecule has 4 atom stereocenters. The van der Waals surface area contributed by atoms with E-state index in [1.807, 2.05) is 0 Å². The molecule has 1 aliphatic heterocycles. The highest BCUT2D eigenvalue weighted by Gasteiger charge is 2.53. The van der Waals surface area contributed by atoms with Crippen molar-refractivity contribution in [3.05, 3.63) is 32.6 Å². The van der Waals surface area contributed by atoms with Crippen molar-refractivity contribution in [2.24, 2.45) is 0 Å². The summed E-state index contributed by atoms with van der Waals surface area (Å²) in [6, 6.07) is 0.